The van der Waals surface area contributed by atoms with Crippen molar-refractivity contribution in [1.82, 2.24) is 9.69 Å². The van der Waals surface area contributed by atoms with Crippen LogP contribution in [0.3, 0.4) is 0 Å². The number of rotatable bonds is 5. The van der Waals surface area contributed by atoms with Crippen molar-refractivity contribution >= 4 is 23.4 Å². The number of carboxylic acids is 1. The summed E-state index contributed by atoms with van der Waals surface area (Å²) in [4.78, 5) is 22.0. The van der Waals surface area contributed by atoms with Gasteiger partial charge in [0.15, 0.2) is 0 Å². The van der Waals surface area contributed by atoms with Gasteiger partial charge in [-0.25, -0.2) is 4.79 Å². The average molecular weight is 244 g/mol. The van der Waals surface area contributed by atoms with Crippen LogP contribution in [0.5, 0.6) is 0 Å². The molecule has 88 valence electrons. The zero-order chi connectivity index (χ0) is 12.1. The van der Waals surface area contributed by atoms with Crippen LogP contribution < -0.4 is 5.32 Å². The normalized spacial score (nSPS) is 12.1. The molecule has 6 nitrogen and oxygen atoms in total. The van der Waals surface area contributed by atoms with Crippen LogP contribution in [-0.2, 0) is 20.7 Å². The number of carboxylic acid groups (broad SMARTS) is 1. The first-order valence-corrected chi connectivity index (χ1v) is 5.33. The molecule has 0 radical (unpaired) electrons. The van der Waals surface area contributed by atoms with Gasteiger partial charge in [0, 0.05) is 12.5 Å². The van der Waals surface area contributed by atoms with E-state index in [0.717, 1.165) is 11.3 Å². The summed E-state index contributed by atoms with van der Waals surface area (Å²) in [5, 5.41) is 12.7. The van der Waals surface area contributed by atoms with Crippen LogP contribution in [0.25, 0.3) is 0 Å². The van der Waals surface area contributed by atoms with Gasteiger partial charge in [-0.1, -0.05) is 0 Å². The molecule has 0 aliphatic carbocycles. The Morgan fingerprint density at radius 1 is 1.69 bits per heavy atom. The first-order valence-electron chi connectivity index (χ1n) is 4.49. The van der Waals surface area contributed by atoms with E-state index in [2.05, 4.69) is 14.4 Å². The third kappa shape index (κ3) is 3.28. The van der Waals surface area contributed by atoms with Gasteiger partial charge in [-0.15, -0.1) is 0 Å². The summed E-state index contributed by atoms with van der Waals surface area (Å²) in [7, 11) is 1.22. The van der Waals surface area contributed by atoms with Gasteiger partial charge in [-0.2, -0.15) is 4.37 Å². The Hall–Kier alpha value is -1.47. The van der Waals surface area contributed by atoms with Crippen LogP contribution >= 0.6 is 11.5 Å². The topological polar surface area (TPSA) is 88.5 Å². The second-order valence-corrected chi connectivity index (χ2v) is 3.75. The lowest BCUT2D eigenvalue weighted by Crippen LogP contribution is -2.42. The van der Waals surface area contributed by atoms with E-state index in [1.807, 2.05) is 0 Å². The fourth-order valence-corrected chi connectivity index (χ4v) is 1.78. The number of nitrogens with one attached hydrogen (secondary N) is 1. The summed E-state index contributed by atoms with van der Waals surface area (Å²) in [5.41, 5.74) is 1.58. The zero-order valence-electron chi connectivity index (χ0n) is 8.89. The fourth-order valence-electron chi connectivity index (χ4n) is 1.07. The molecule has 0 fully saturated rings. The van der Waals surface area contributed by atoms with Crippen LogP contribution in [0.1, 0.15) is 11.3 Å². The van der Waals surface area contributed by atoms with Crippen molar-refractivity contribution in [3.8, 4) is 0 Å². The fraction of sp³-hybridized carbons (Fsp3) is 0.444. The lowest BCUT2D eigenvalue weighted by molar-refractivity contribution is -0.153. The molecular formula is C9H12N2O4S. The minimum atomic E-state index is -1.31. The number of aryl methyl sites for hydroxylation is 1. The highest BCUT2D eigenvalue weighted by Crippen LogP contribution is 2.09. The molecule has 0 aliphatic heterocycles. The minimum absolute atomic E-state index is 0.107. The molecule has 0 saturated heterocycles. The molecule has 1 atom stereocenters. The Morgan fingerprint density at radius 3 is 2.81 bits per heavy atom. The van der Waals surface area contributed by atoms with E-state index >= 15 is 0 Å². The highest BCUT2D eigenvalue weighted by Gasteiger charge is 2.19. The largest absolute Gasteiger partial charge is 0.478 e. The second kappa shape index (κ2) is 5.57. The van der Waals surface area contributed by atoms with Gasteiger partial charge in [0.25, 0.3) is 0 Å². The van der Waals surface area contributed by atoms with Gasteiger partial charge in [-0.05, 0) is 24.0 Å². The van der Waals surface area contributed by atoms with Gasteiger partial charge >= 0.3 is 5.97 Å². The average Bonchev–Trinajstić information content (AvgIpc) is 2.60. The van der Waals surface area contributed by atoms with Crippen LogP contribution in [0, 0.1) is 6.92 Å². The molecule has 7 heteroatoms. The van der Waals surface area contributed by atoms with Gasteiger partial charge in [-0.3, -0.25) is 4.79 Å². The van der Waals surface area contributed by atoms with Crippen molar-refractivity contribution in [1.29, 1.82) is 0 Å². The molecule has 1 unspecified atom stereocenters. The number of carbonyl (C=O) groups is 2. The van der Waals surface area contributed by atoms with Gasteiger partial charge in [0.2, 0.25) is 12.1 Å². The summed E-state index contributed by atoms with van der Waals surface area (Å²) in [6, 6.07) is 0. The van der Waals surface area contributed by atoms with Gasteiger partial charge < -0.3 is 15.2 Å². The number of amides is 1. The maximum atomic E-state index is 11.5. The van der Waals surface area contributed by atoms with Crippen molar-refractivity contribution in [2.75, 3.05) is 7.11 Å². The number of hydrogen-bond acceptors (Lipinski definition) is 5. The first-order chi connectivity index (χ1) is 7.54. The van der Waals surface area contributed by atoms with Crippen molar-refractivity contribution in [2.45, 2.75) is 19.6 Å². The Balaban J connectivity index is 2.54. The molecule has 0 saturated carbocycles. The van der Waals surface area contributed by atoms with E-state index in [1.165, 1.54) is 18.6 Å². The number of ether oxygens (including phenoxy) is 1. The molecule has 1 aromatic rings. The van der Waals surface area contributed by atoms with Crippen LogP contribution in [0.15, 0.2) is 5.38 Å². The number of carbonyl (C=O) groups excluding carboxylic acids is 1. The molecule has 2 N–H and O–H groups in total. The summed E-state index contributed by atoms with van der Waals surface area (Å²) in [6.07, 6.45) is -1.20. The zero-order valence-corrected chi connectivity index (χ0v) is 9.71. The van der Waals surface area contributed by atoms with Crippen molar-refractivity contribution < 1.29 is 19.4 Å². The quantitative estimate of drug-likeness (QED) is 0.721. The second-order valence-electron chi connectivity index (χ2n) is 3.12. The summed E-state index contributed by atoms with van der Waals surface area (Å²) in [6.45, 7) is 1.80. The minimum Gasteiger partial charge on any atom is -0.478 e. The molecule has 0 spiro atoms. The predicted octanol–water partition coefficient (Wildman–Crippen LogP) is 0.167. The Bertz CT molecular complexity index is 391. The number of aromatic nitrogens is 1. The number of methoxy groups -OCH3 is 1. The lowest BCUT2D eigenvalue weighted by atomic mass is 10.2. The van der Waals surface area contributed by atoms with E-state index in [-0.39, 0.29) is 6.42 Å². The van der Waals surface area contributed by atoms with Crippen LogP contribution in [0.4, 0.5) is 0 Å². The highest BCUT2D eigenvalue weighted by molar-refractivity contribution is 7.03. The maximum Gasteiger partial charge on any atom is 0.354 e. The first kappa shape index (κ1) is 12.6. The number of aliphatic carboxylic acids is 1. The van der Waals surface area contributed by atoms with E-state index in [9.17, 15) is 9.59 Å². The van der Waals surface area contributed by atoms with Crippen LogP contribution in [0.2, 0.25) is 0 Å². The predicted molar refractivity (Wildman–Crippen MR) is 57.1 cm³/mol. The standard InChI is InChI=1S/C9H12N2O4S/c1-5-6(4-16-11-5)3-7(12)10-8(15-2)9(13)14/h4,8H,3H2,1-2H3,(H,10,12)(H,13,14). The molecule has 1 aromatic heterocycles. The summed E-state index contributed by atoms with van der Waals surface area (Å²) < 4.78 is 8.61. The molecule has 0 bridgehead atoms. The Kier molecular flexibility index (Phi) is 4.39. The maximum absolute atomic E-state index is 11.5. The number of hydrogen-bond donors (Lipinski definition) is 2. The molecular weight excluding hydrogens is 232 g/mol. The molecule has 0 aliphatic rings. The molecule has 1 heterocycles. The van der Waals surface area contributed by atoms with Gasteiger partial charge in [0.05, 0.1) is 12.1 Å². The molecule has 0 aromatic carbocycles. The van der Waals surface area contributed by atoms with Crippen molar-refractivity contribution in [2.24, 2.45) is 0 Å². The van der Waals surface area contributed by atoms with Crippen LogP contribution in [-0.4, -0.2) is 34.7 Å². The Labute approximate surface area is 96.4 Å². The van der Waals surface area contributed by atoms with E-state index in [1.54, 1.807) is 12.3 Å². The van der Waals surface area contributed by atoms with Gasteiger partial charge in [0.1, 0.15) is 0 Å². The third-order valence-electron chi connectivity index (χ3n) is 1.95. The van der Waals surface area contributed by atoms with Crippen molar-refractivity contribution in [3.63, 3.8) is 0 Å². The van der Waals surface area contributed by atoms with E-state index in [0.29, 0.717) is 0 Å². The highest BCUT2D eigenvalue weighted by atomic mass is 32.1. The third-order valence-corrected chi connectivity index (χ3v) is 2.72. The van der Waals surface area contributed by atoms with E-state index in [4.69, 9.17) is 5.11 Å². The molecule has 1 rings (SSSR count). The summed E-state index contributed by atoms with van der Waals surface area (Å²) in [5.74, 6) is -1.63. The Morgan fingerprint density at radius 2 is 2.38 bits per heavy atom. The van der Waals surface area contributed by atoms with Crippen molar-refractivity contribution in [3.05, 3.63) is 16.6 Å². The SMILES string of the molecule is COC(NC(=O)Cc1csnc1C)C(=O)O. The number of nitrogens with zero attached hydrogens (tertiary/aromatic N) is 1. The molecule has 16 heavy (non-hydrogen) atoms. The smallest absolute Gasteiger partial charge is 0.354 e. The molecule has 1 amide bonds. The monoisotopic (exact) mass is 244 g/mol. The lowest BCUT2D eigenvalue weighted by Gasteiger charge is -2.11. The van der Waals surface area contributed by atoms with E-state index < -0.39 is 18.1 Å². The summed E-state index contributed by atoms with van der Waals surface area (Å²) >= 11 is 1.26.